The second kappa shape index (κ2) is 9.00. The van der Waals surface area contributed by atoms with E-state index in [4.69, 9.17) is 5.73 Å². The average molecular weight is 290 g/mol. The standard InChI is InChI=1S/C16H26N4O/c1-4-5-6-7-10-18-15(17)20-16(21)19-14-11-12(2)8-9-13(14)3/h8-9,11H,4-7,10H2,1-3H3,(H4,17,18,19,20,21). The number of carbonyl (C=O) groups is 1. The molecule has 0 saturated heterocycles. The highest BCUT2D eigenvalue weighted by Crippen LogP contribution is 2.15. The summed E-state index contributed by atoms with van der Waals surface area (Å²) in [6.07, 6.45) is 4.53. The number of amides is 2. The first-order chi connectivity index (χ1) is 10.0. The number of carbonyl (C=O) groups excluding carboxylic acids is 1. The molecule has 0 aromatic heterocycles. The fraction of sp³-hybridized carbons (Fsp3) is 0.500. The van der Waals surface area contributed by atoms with Gasteiger partial charge in [-0.1, -0.05) is 38.3 Å². The normalized spacial score (nSPS) is 11.3. The Hall–Kier alpha value is -2.04. The number of nitrogens with two attached hydrogens (primary N) is 1. The largest absolute Gasteiger partial charge is 0.370 e. The van der Waals surface area contributed by atoms with Gasteiger partial charge in [-0.2, -0.15) is 0 Å². The van der Waals surface area contributed by atoms with Crippen LogP contribution >= 0.6 is 0 Å². The minimum atomic E-state index is -0.362. The molecule has 0 aliphatic heterocycles. The number of benzene rings is 1. The van der Waals surface area contributed by atoms with Crippen LogP contribution in [0.25, 0.3) is 0 Å². The van der Waals surface area contributed by atoms with Gasteiger partial charge in [0.25, 0.3) is 0 Å². The van der Waals surface area contributed by atoms with Gasteiger partial charge in [0.15, 0.2) is 5.96 Å². The van der Waals surface area contributed by atoms with Gasteiger partial charge in [-0.25, -0.2) is 4.79 Å². The lowest BCUT2D eigenvalue weighted by atomic mass is 10.1. The molecule has 0 aliphatic carbocycles. The van der Waals surface area contributed by atoms with E-state index in [0.29, 0.717) is 6.54 Å². The van der Waals surface area contributed by atoms with Gasteiger partial charge in [0.05, 0.1) is 0 Å². The molecular formula is C16H26N4O. The van der Waals surface area contributed by atoms with Gasteiger partial charge in [0.1, 0.15) is 0 Å². The first-order valence-electron chi connectivity index (χ1n) is 7.48. The van der Waals surface area contributed by atoms with E-state index in [1.807, 2.05) is 32.0 Å². The summed E-state index contributed by atoms with van der Waals surface area (Å²) in [6, 6.07) is 5.53. The molecule has 21 heavy (non-hydrogen) atoms. The van der Waals surface area contributed by atoms with Gasteiger partial charge >= 0.3 is 6.03 Å². The number of aryl methyl sites for hydroxylation is 2. The number of anilines is 1. The third-order valence-electron chi connectivity index (χ3n) is 3.18. The average Bonchev–Trinajstić information content (AvgIpc) is 2.42. The first-order valence-corrected chi connectivity index (χ1v) is 7.48. The summed E-state index contributed by atoms with van der Waals surface area (Å²) in [5.74, 6) is 0.161. The van der Waals surface area contributed by atoms with Gasteiger partial charge in [0, 0.05) is 12.2 Å². The molecule has 4 N–H and O–H groups in total. The number of guanidine groups is 1. The van der Waals surface area contributed by atoms with Crippen LogP contribution in [0.2, 0.25) is 0 Å². The molecule has 0 atom stereocenters. The quantitative estimate of drug-likeness (QED) is 0.427. The monoisotopic (exact) mass is 290 g/mol. The Morgan fingerprint density at radius 3 is 2.71 bits per heavy atom. The molecule has 2 amide bonds. The van der Waals surface area contributed by atoms with E-state index in [9.17, 15) is 4.79 Å². The lowest BCUT2D eigenvalue weighted by molar-refractivity contribution is 0.256. The van der Waals surface area contributed by atoms with Crippen molar-refractivity contribution in [3.63, 3.8) is 0 Å². The topological polar surface area (TPSA) is 79.5 Å². The first kappa shape index (κ1) is 17.0. The maximum atomic E-state index is 11.8. The van der Waals surface area contributed by atoms with E-state index in [2.05, 4.69) is 22.5 Å². The molecular weight excluding hydrogens is 264 g/mol. The molecule has 0 unspecified atom stereocenters. The molecule has 1 rings (SSSR count). The van der Waals surface area contributed by atoms with Crippen molar-refractivity contribution >= 4 is 17.7 Å². The lowest BCUT2D eigenvalue weighted by Crippen LogP contribution is -2.39. The molecule has 5 nitrogen and oxygen atoms in total. The maximum absolute atomic E-state index is 11.8. The van der Waals surface area contributed by atoms with Gasteiger partial charge < -0.3 is 11.1 Å². The molecule has 1 aromatic rings. The third-order valence-corrected chi connectivity index (χ3v) is 3.18. The van der Waals surface area contributed by atoms with Crippen molar-refractivity contribution in [1.82, 2.24) is 5.32 Å². The van der Waals surface area contributed by atoms with Crippen molar-refractivity contribution in [1.29, 1.82) is 0 Å². The number of rotatable bonds is 6. The minimum absolute atomic E-state index is 0.161. The van der Waals surface area contributed by atoms with Crippen molar-refractivity contribution in [3.05, 3.63) is 29.3 Å². The van der Waals surface area contributed by atoms with E-state index < -0.39 is 0 Å². The van der Waals surface area contributed by atoms with Crippen LogP contribution in [-0.4, -0.2) is 18.5 Å². The van der Waals surface area contributed by atoms with Crippen LogP contribution in [0.5, 0.6) is 0 Å². The fourth-order valence-corrected chi connectivity index (χ4v) is 1.92. The van der Waals surface area contributed by atoms with Crippen LogP contribution in [0.15, 0.2) is 23.2 Å². The number of nitrogens with zero attached hydrogens (tertiary/aromatic N) is 1. The molecule has 5 heteroatoms. The molecule has 0 saturated carbocycles. The molecule has 0 bridgehead atoms. The Balaban J connectivity index is 2.42. The Labute approximate surface area is 127 Å². The summed E-state index contributed by atoms with van der Waals surface area (Å²) >= 11 is 0. The van der Waals surface area contributed by atoms with Crippen LogP contribution in [0.1, 0.15) is 43.7 Å². The van der Waals surface area contributed by atoms with Gasteiger partial charge in [0.2, 0.25) is 0 Å². The summed E-state index contributed by atoms with van der Waals surface area (Å²) in [7, 11) is 0. The highest BCUT2D eigenvalue weighted by Gasteiger charge is 2.05. The number of hydrogen-bond acceptors (Lipinski definition) is 2. The molecule has 0 spiro atoms. The van der Waals surface area contributed by atoms with Crippen LogP contribution in [0, 0.1) is 13.8 Å². The molecule has 1 aromatic carbocycles. The van der Waals surface area contributed by atoms with Crippen molar-refractivity contribution in [2.24, 2.45) is 10.7 Å². The molecule has 116 valence electrons. The van der Waals surface area contributed by atoms with Crippen LogP contribution in [0.3, 0.4) is 0 Å². The zero-order valence-electron chi connectivity index (χ0n) is 13.2. The predicted molar refractivity (Wildman–Crippen MR) is 88.7 cm³/mol. The van der Waals surface area contributed by atoms with E-state index in [1.165, 1.54) is 12.8 Å². The predicted octanol–water partition coefficient (Wildman–Crippen LogP) is 3.32. The van der Waals surface area contributed by atoms with Gasteiger partial charge in [-0.3, -0.25) is 10.3 Å². The zero-order valence-corrected chi connectivity index (χ0v) is 13.2. The second-order valence-corrected chi connectivity index (χ2v) is 5.23. The SMILES string of the molecule is CCCCCCN=C(N)NC(=O)Nc1cc(C)ccc1C. The summed E-state index contributed by atoms with van der Waals surface area (Å²) in [6.45, 7) is 6.74. The Bertz CT molecular complexity index is 497. The number of hydrogen-bond donors (Lipinski definition) is 3. The van der Waals surface area contributed by atoms with Gasteiger partial charge in [-0.15, -0.1) is 0 Å². The zero-order chi connectivity index (χ0) is 15.7. The van der Waals surface area contributed by atoms with Crippen molar-refractivity contribution < 1.29 is 4.79 Å². The Morgan fingerprint density at radius 1 is 1.24 bits per heavy atom. The second-order valence-electron chi connectivity index (χ2n) is 5.23. The number of urea groups is 1. The minimum Gasteiger partial charge on any atom is -0.370 e. The molecule has 0 fully saturated rings. The van der Waals surface area contributed by atoms with Crippen LogP contribution < -0.4 is 16.4 Å². The Morgan fingerprint density at radius 2 is 2.00 bits per heavy atom. The molecule has 0 radical (unpaired) electrons. The fourth-order valence-electron chi connectivity index (χ4n) is 1.92. The van der Waals surface area contributed by atoms with E-state index in [-0.39, 0.29) is 12.0 Å². The number of aliphatic imine (C=N–C) groups is 1. The van der Waals surface area contributed by atoms with Gasteiger partial charge in [-0.05, 0) is 37.5 Å². The highest BCUT2D eigenvalue weighted by atomic mass is 16.2. The number of unbranched alkanes of at least 4 members (excludes halogenated alkanes) is 3. The maximum Gasteiger partial charge on any atom is 0.325 e. The van der Waals surface area contributed by atoms with Crippen molar-refractivity contribution in [3.8, 4) is 0 Å². The lowest BCUT2D eigenvalue weighted by Gasteiger charge is -2.10. The summed E-state index contributed by atoms with van der Waals surface area (Å²) in [5, 5.41) is 5.33. The smallest absolute Gasteiger partial charge is 0.325 e. The number of nitrogens with one attached hydrogen (secondary N) is 2. The summed E-state index contributed by atoms with van der Waals surface area (Å²) in [5.41, 5.74) is 8.57. The van der Waals surface area contributed by atoms with E-state index in [0.717, 1.165) is 29.7 Å². The van der Waals surface area contributed by atoms with E-state index in [1.54, 1.807) is 0 Å². The Kier molecular flexibility index (Phi) is 7.29. The molecule has 0 heterocycles. The summed E-state index contributed by atoms with van der Waals surface area (Å²) < 4.78 is 0. The van der Waals surface area contributed by atoms with Crippen molar-refractivity contribution in [2.45, 2.75) is 46.5 Å². The van der Waals surface area contributed by atoms with E-state index >= 15 is 0 Å². The third kappa shape index (κ3) is 6.79. The van der Waals surface area contributed by atoms with Crippen LogP contribution in [0.4, 0.5) is 10.5 Å². The molecule has 0 aliphatic rings. The summed E-state index contributed by atoms with van der Waals surface area (Å²) in [4.78, 5) is 16.0. The highest BCUT2D eigenvalue weighted by molar-refractivity contribution is 6.02. The van der Waals surface area contributed by atoms with Crippen LogP contribution in [-0.2, 0) is 0 Å². The van der Waals surface area contributed by atoms with Crippen molar-refractivity contribution in [2.75, 3.05) is 11.9 Å².